The van der Waals surface area contributed by atoms with Gasteiger partial charge in [0.15, 0.2) is 11.4 Å². The lowest BCUT2D eigenvalue weighted by Gasteiger charge is -2.21. The van der Waals surface area contributed by atoms with Crippen LogP contribution in [0.15, 0.2) is 30.5 Å². The number of aliphatic hydroxyl groups is 1. The summed E-state index contributed by atoms with van der Waals surface area (Å²) < 4.78 is 13.0. The highest BCUT2D eigenvalue weighted by molar-refractivity contribution is 5.94. The molecular formula is C16H16FN3O6. The van der Waals surface area contributed by atoms with E-state index >= 15 is 0 Å². The molecule has 2 aromatic rings. The third-order valence-corrected chi connectivity index (χ3v) is 3.64. The van der Waals surface area contributed by atoms with Crippen LogP contribution in [0.4, 0.5) is 9.18 Å². The zero-order chi connectivity index (χ0) is 19.3. The molecule has 5 N–H and O–H groups in total. The Labute approximate surface area is 146 Å². The lowest BCUT2D eigenvalue weighted by Crippen LogP contribution is -2.29. The quantitative estimate of drug-likeness (QED) is 0.382. The lowest BCUT2D eigenvalue weighted by molar-refractivity contribution is 0.0696. The van der Waals surface area contributed by atoms with Crippen molar-refractivity contribution in [3.05, 3.63) is 58.7 Å². The molecule has 0 saturated carbocycles. The molecule has 1 aromatic heterocycles. The number of carbonyl (C=O) groups is 2. The van der Waals surface area contributed by atoms with Crippen LogP contribution in [0.25, 0.3) is 0 Å². The van der Waals surface area contributed by atoms with E-state index in [4.69, 9.17) is 5.21 Å². The molecule has 1 heterocycles. The molecule has 26 heavy (non-hydrogen) atoms. The predicted octanol–water partition coefficient (Wildman–Crippen LogP) is 1.22. The monoisotopic (exact) mass is 365 g/mol. The van der Waals surface area contributed by atoms with Gasteiger partial charge in [-0.2, -0.15) is 0 Å². The number of amides is 2. The van der Waals surface area contributed by atoms with Crippen molar-refractivity contribution in [1.29, 1.82) is 0 Å². The first-order chi connectivity index (χ1) is 12.4. The van der Waals surface area contributed by atoms with E-state index in [9.17, 15) is 29.3 Å². The van der Waals surface area contributed by atoms with Gasteiger partial charge in [-0.25, -0.2) is 19.6 Å². The molecule has 0 atom stereocenters. The summed E-state index contributed by atoms with van der Waals surface area (Å²) in [5, 5.41) is 37.5. The Kier molecular flexibility index (Phi) is 6.04. The average Bonchev–Trinajstić information content (AvgIpc) is 2.62. The van der Waals surface area contributed by atoms with Crippen molar-refractivity contribution in [1.82, 2.24) is 15.4 Å². The van der Waals surface area contributed by atoms with Crippen molar-refractivity contribution in [3.8, 4) is 5.75 Å². The van der Waals surface area contributed by atoms with Crippen LogP contribution in [-0.2, 0) is 19.7 Å². The maximum absolute atomic E-state index is 13.0. The van der Waals surface area contributed by atoms with Gasteiger partial charge >= 0.3 is 6.09 Å². The number of benzene rings is 1. The second-order valence-electron chi connectivity index (χ2n) is 5.32. The normalized spacial score (nSPS) is 10.4. The van der Waals surface area contributed by atoms with Gasteiger partial charge in [-0.3, -0.25) is 14.9 Å². The van der Waals surface area contributed by atoms with E-state index < -0.39 is 35.9 Å². The molecule has 1 aromatic carbocycles. The van der Waals surface area contributed by atoms with Gasteiger partial charge in [0.1, 0.15) is 5.82 Å². The molecule has 10 heteroatoms. The summed E-state index contributed by atoms with van der Waals surface area (Å²) in [6.45, 7) is -0.996. The molecule has 0 spiro atoms. The van der Waals surface area contributed by atoms with Crippen molar-refractivity contribution in [2.75, 3.05) is 0 Å². The van der Waals surface area contributed by atoms with E-state index in [0.29, 0.717) is 5.56 Å². The maximum atomic E-state index is 13.0. The van der Waals surface area contributed by atoms with Gasteiger partial charge in [0.2, 0.25) is 0 Å². The van der Waals surface area contributed by atoms with Gasteiger partial charge < -0.3 is 15.3 Å². The minimum absolute atomic E-state index is 0.0693. The second-order valence-corrected chi connectivity index (χ2v) is 5.32. The molecule has 0 bridgehead atoms. The fourth-order valence-electron chi connectivity index (χ4n) is 2.32. The lowest BCUT2D eigenvalue weighted by atomic mass is 10.1. The van der Waals surface area contributed by atoms with Crippen molar-refractivity contribution >= 4 is 12.0 Å². The highest BCUT2D eigenvalue weighted by atomic mass is 19.1. The Balaban J connectivity index is 2.30. The molecular weight excluding hydrogens is 349 g/mol. The van der Waals surface area contributed by atoms with Crippen LogP contribution < -0.4 is 5.48 Å². The number of hydrogen-bond acceptors (Lipinski definition) is 6. The van der Waals surface area contributed by atoms with E-state index in [-0.39, 0.29) is 24.2 Å². The molecule has 138 valence electrons. The SMILES string of the molecule is O=C(NO)c1ncc(CN(Cc2ccc(F)cc2)C(=O)O)c(CO)c1O. The summed E-state index contributed by atoms with van der Waals surface area (Å²) >= 11 is 0. The van der Waals surface area contributed by atoms with Crippen LogP contribution in [0.2, 0.25) is 0 Å². The molecule has 2 amide bonds. The van der Waals surface area contributed by atoms with Crippen molar-refractivity contribution in [2.24, 2.45) is 0 Å². The average molecular weight is 365 g/mol. The summed E-state index contributed by atoms with van der Waals surface area (Å²) in [5.41, 5.74) is 1.41. The van der Waals surface area contributed by atoms with Crippen LogP contribution in [0.5, 0.6) is 5.75 Å². The number of pyridine rings is 1. The minimum Gasteiger partial charge on any atom is -0.505 e. The van der Waals surface area contributed by atoms with E-state index in [2.05, 4.69) is 4.98 Å². The smallest absolute Gasteiger partial charge is 0.407 e. The predicted molar refractivity (Wildman–Crippen MR) is 84.7 cm³/mol. The van der Waals surface area contributed by atoms with E-state index in [1.807, 2.05) is 0 Å². The first-order valence-electron chi connectivity index (χ1n) is 7.34. The van der Waals surface area contributed by atoms with Gasteiger partial charge in [0.05, 0.1) is 13.2 Å². The number of aromatic nitrogens is 1. The number of hydroxylamine groups is 1. The highest BCUT2D eigenvalue weighted by Gasteiger charge is 2.21. The molecule has 0 aliphatic carbocycles. The molecule has 0 fully saturated rings. The summed E-state index contributed by atoms with van der Waals surface area (Å²) in [5.74, 6) is -2.20. The molecule has 0 aliphatic heterocycles. The Hall–Kier alpha value is -3.24. The zero-order valence-corrected chi connectivity index (χ0v) is 13.4. The van der Waals surface area contributed by atoms with Gasteiger partial charge in [0.25, 0.3) is 5.91 Å². The first kappa shape index (κ1) is 19.1. The van der Waals surface area contributed by atoms with E-state index in [1.165, 1.54) is 29.7 Å². The number of nitrogens with zero attached hydrogens (tertiary/aromatic N) is 2. The molecule has 9 nitrogen and oxygen atoms in total. The number of carboxylic acid groups (broad SMARTS) is 1. The fourth-order valence-corrected chi connectivity index (χ4v) is 2.32. The summed E-state index contributed by atoms with van der Waals surface area (Å²) in [6, 6.07) is 5.26. The number of rotatable bonds is 6. The van der Waals surface area contributed by atoms with Crippen molar-refractivity contribution < 1.29 is 34.5 Å². The maximum Gasteiger partial charge on any atom is 0.407 e. The van der Waals surface area contributed by atoms with Crippen molar-refractivity contribution in [3.63, 3.8) is 0 Å². The van der Waals surface area contributed by atoms with Gasteiger partial charge in [-0.05, 0) is 23.3 Å². The van der Waals surface area contributed by atoms with E-state index in [0.717, 1.165) is 11.1 Å². The summed E-state index contributed by atoms with van der Waals surface area (Å²) in [7, 11) is 0. The Morgan fingerprint density at radius 2 is 1.85 bits per heavy atom. The Morgan fingerprint density at radius 3 is 2.38 bits per heavy atom. The van der Waals surface area contributed by atoms with Crippen LogP contribution in [-0.4, -0.2) is 42.4 Å². The van der Waals surface area contributed by atoms with E-state index in [1.54, 1.807) is 0 Å². The number of nitrogens with one attached hydrogen (secondary N) is 1. The van der Waals surface area contributed by atoms with Crippen LogP contribution in [0.1, 0.15) is 27.2 Å². The van der Waals surface area contributed by atoms with Gasteiger partial charge in [0, 0.05) is 18.3 Å². The van der Waals surface area contributed by atoms with Gasteiger partial charge in [-0.15, -0.1) is 0 Å². The standard InChI is InChI=1S/C16H16FN3O6/c17-11-3-1-9(2-4-11)6-20(16(24)25)7-10-5-18-13(15(23)19-26)14(22)12(10)8-21/h1-5,21-22,26H,6-8H2,(H,19,23)(H,24,25). The minimum atomic E-state index is -1.28. The number of carbonyl (C=O) groups excluding carboxylic acids is 1. The third-order valence-electron chi connectivity index (χ3n) is 3.64. The number of halogens is 1. The Bertz CT molecular complexity index is 812. The summed E-state index contributed by atoms with van der Waals surface area (Å²) in [6.07, 6.45) is -0.161. The van der Waals surface area contributed by atoms with Crippen LogP contribution in [0, 0.1) is 5.82 Å². The largest absolute Gasteiger partial charge is 0.505 e. The van der Waals surface area contributed by atoms with Crippen LogP contribution in [0.3, 0.4) is 0 Å². The topological polar surface area (TPSA) is 143 Å². The highest BCUT2D eigenvalue weighted by Crippen LogP contribution is 2.26. The number of hydrogen-bond donors (Lipinski definition) is 5. The third kappa shape index (κ3) is 4.23. The number of aromatic hydroxyl groups is 1. The van der Waals surface area contributed by atoms with Crippen molar-refractivity contribution in [2.45, 2.75) is 19.7 Å². The molecule has 0 saturated heterocycles. The fraction of sp³-hybridized carbons (Fsp3) is 0.188. The van der Waals surface area contributed by atoms with Crippen LogP contribution >= 0.6 is 0 Å². The number of aliphatic hydroxyl groups excluding tert-OH is 1. The zero-order valence-electron chi connectivity index (χ0n) is 13.4. The van der Waals surface area contributed by atoms with Gasteiger partial charge in [-0.1, -0.05) is 12.1 Å². The molecule has 0 radical (unpaired) electrons. The molecule has 0 unspecified atom stereocenters. The Morgan fingerprint density at radius 1 is 1.19 bits per heavy atom. The molecule has 2 rings (SSSR count). The summed E-state index contributed by atoms with van der Waals surface area (Å²) in [4.78, 5) is 27.6. The molecule has 0 aliphatic rings. The second kappa shape index (κ2) is 8.23. The first-order valence-corrected chi connectivity index (χ1v) is 7.34.